The molecule has 0 fully saturated rings. The van der Waals surface area contributed by atoms with Crippen LogP contribution in [0.2, 0.25) is 0 Å². The number of carbonyl (C=O) groups is 3. The van der Waals surface area contributed by atoms with Gasteiger partial charge in [-0.3, -0.25) is 14.4 Å². The lowest BCUT2D eigenvalue weighted by Gasteiger charge is -2.18. The molecule has 0 saturated carbocycles. The van der Waals surface area contributed by atoms with Gasteiger partial charge in [-0.05, 0) is 31.1 Å². The van der Waals surface area contributed by atoms with E-state index in [4.69, 9.17) is 14.2 Å². The predicted octanol–water partition coefficient (Wildman–Crippen LogP) is 18.5. The third kappa shape index (κ3) is 51.3. The van der Waals surface area contributed by atoms with Crippen molar-refractivity contribution in [1.82, 2.24) is 0 Å². The Morgan fingerprint density at radius 3 is 0.778 bits per heavy atom. The van der Waals surface area contributed by atoms with Gasteiger partial charge in [-0.2, -0.15) is 0 Å². The Balaban J connectivity index is 4.25. The maximum atomic E-state index is 12.8. The zero-order chi connectivity index (χ0) is 46.1. The van der Waals surface area contributed by atoms with Gasteiger partial charge in [0.1, 0.15) is 13.2 Å². The molecule has 0 aliphatic heterocycles. The van der Waals surface area contributed by atoms with Crippen molar-refractivity contribution < 1.29 is 28.6 Å². The van der Waals surface area contributed by atoms with Gasteiger partial charge in [0.2, 0.25) is 0 Å². The molecule has 0 bridgehead atoms. The first-order chi connectivity index (χ1) is 30.7. The molecule has 0 N–H and O–H groups in total. The minimum absolute atomic E-state index is 0.0634. The third-order valence-electron chi connectivity index (χ3n) is 13.0. The van der Waals surface area contributed by atoms with Crippen LogP contribution in [0.4, 0.5) is 0 Å². The van der Waals surface area contributed by atoms with Crippen molar-refractivity contribution in [3.05, 3.63) is 0 Å². The molecule has 0 amide bonds. The van der Waals surface area contributed by atoms with Gasteiger partial charge in [-0.15, -0.1) is 0 Å². The Kier molecular flexibility index (Phi) is 48.6. The van der Waals surface area contributed by atoms with E-state index in [9.17, 15) is 14.4 Å². The van der Waals surface area contributed by atoms with Crippen LogP contribution in [0.3, 0.4) is 0 Å². The van der Waals surface area contributed by atoms with Crippen LogP contribution in [0.15, 0.2) is 0 Å². The van der Waals surface area contributed by atoms with Crippen molar-refractivity contribution in [1.29, 1.82) is 0 Å². The summed E-state index contributed by atoms with van der Waals surface area (Å²) in [6, 6.07) is 0. The topological polar surface area (TPSA) is 78.9 Å². The third-order valence-corrected chi connectivity index (χ3v) is 13.0. The molecule has 0 radical (unpaired) electrons. The number of unbranched alkanes of at least 4 members (excludes halogenated alkanes) is 36. The minimum Gasteiger partial charge on any atom is -0.462 e. The lowest BCUT2D eigenvalue weighted by atomic mass is 10.0. The number of carbonyl (C=O) groups excluding carboxylic acids is 3. The highest BCUT2D eigenvalue weighted by Gasteiger charge is 2.19. The first-order valence-electron chi connectivity index (χ1n) is 28.2. The highest BCUT2D eigenvalue weighted by Crippen LogP contribution is 2.18. The van der Waals surface area contributed by atoms with Crippen LogP contribution in [-0.4, -0.2) is 37.2 Å². The summed E-state index contributed by atoms with van der Waals surface area (Å²) in [6.45, 7) is 11.4. The quantitative estimate of drug-likeness (QED) is 0.0344. The smallest absolute Gasteiger partial charge is 0.306 e. The predicted molar refractivity (Wildman–Crippen MR) is 270 cm³/mol. The zero-order valence-corrected chi connectivity index (χ0v) is 43.2. The van der Waals surface area contributed by atoms with Crippen LogP contribution in [0.25, 0.3) is 0 Å². The normalized spacial score (nSPS) is 12.0. The van der Waals surface area contributed by atoms with Gasteiger partial charge in [-0.1, -0.05) is 279 Å². The summed E-state index contributed by atoms with van der Waals surface area (Å²) < 4.78 is 16.9. The molecule has 0 aromatic carbocycles. The average Bonchev–Trinajstić information content (AvgIpc) is 3.25. The number of ether oxygens (including phenoxy) is 3. The summed E-state index contributed by atoms with van der Waals surface area (Å²) in [7, 11) is 0. The summed E-state index contributed by atoms with van der Waals surface area (Å²) >= 11 is 0. The van der Waals surface area contributed by atoms with Gasteiger partial charge in [-0.25, -0.2) is 0 Å². The molecule has 0 rings (SSSR count). The van der Waals surface area contributed by atoms with Gasteiger partial charge in [0.15, 0.2) is 6.10 Å². The van der Waals surface area contributed by atoms with E-state index in [2.05, 4.69) is 34.6 Å². The zero-order valence-electron chi connectivity index (χ0n) is 43.2. The number of hydrogen-bond donors (Lipinski definition) is 0. The molecule has 0 aliphatic rings. The van der Waals surface area contributed by atoms with E-state index in [1.807, 2.05) is 0 Å². The largest absolute Gasteiger partial charge is 0.462 e. The molecule has 374 valence electrons. The van der Waals surface area contributed by atoms with Gasteiger partial charge in [0, 0.05) is 19.3 Å². The lowest BCUT2D eigenvalue weighted by molar-refractivity contribution is -0.167. The van der Waals surface area contributed by atoms with Crippen LogP contribution < -0.4 is 0 Å². The van der Waals surface area contributed by atoms with E-state index in [0.717, 1.165) is 69.6 Å². The molecule has 1 atom stereocenters. The first kappa shape index (κ1) is 61.4. The molecule has 0 heterocycles. The lowest BCUT2D eigenvalue weighted by Crippen LogP contribution is -2.30. The number of esters is 3. The van der Waals surface area contributed by atoms with Crippen LogP contribution >= 0.6 is 0 Å². The SMILES string of the molecule is CCCCCCCCCCCCCCCCCCCC(=O)OC[C@H](COC(=O)CCCCCCCCCCCCCCCCC(C)C)OC(=O)CCCCCCCCCCC(C)C. The minimum atomic E-state index is -0.762. The second-order valence-electron chi connectivity index (χ2n) is 20.5. The van der Waals surface area contributed by atoms with E-state index in [-0.39, 0.29) is 31.1 Å². The molecule has 6 heteroatoms. The Labute approximate surface area is 393 Å². The molecule has 0 unspecified atom stereocenters. The van der Waals surface area contributed by atoms with Crippen molar-refractivity contribution in [2.24, 2.45) is 11.8 Å². The number of hydrogen-bond acceptors (Lipinski definition) is 6. The highest BCUT2D eigenvalue weighted by molar-refractivity contribution is 5.71. The van der Waals surface area contributed by atoms with Gasteiger partial charge < -0.3 is 14.2 Å². The second-order valence-corrected chi connectivity index (χ2v) is 20.5. The van der Waals surface area contributed by atoms with Crippen LogP contribution in [-0.2, 0) is 28.6 Å². The fourth-order valence-corrected chi connectivity index (χ4v) is 8.70. The first-order valence-corrected chi connectivity index (χ1v) is 28.2. The van der Waals surface area contributed by atoms with Crippen molar-refractivity contribution in [2.75, 3.05) is 13.2 Å². The molecule has 0 aliphatic carbocycles. The van der Waals surface area contributed by atoms with E-state index in [1.165, 1.54) is 205 Å². The number of rotatable bonds is 51. The van der Waals surface area contributed by atoms with Crippen molar-refractivity contribution in [3.63, 3.8) is 0 Å². The van der Waals surface area contributed by atoms with Crippen LogP contribution in [0, 0.1) is 11.8 Å². The Morgan fingerprint density at radius 2 is 0.524 bits per heavy atom. The monoisotopic (exact) mass is 891 g/mol. The van der Waals surface area contributed by atoms with E-state index in [1.54, 1.807) is 0 Å². The fourth-order valence-electron chi connectivity index (χ4n) is 8.70. The van der Waals surface area contributed by atoms with Crippen molar-refractivity contribution in [3.8, 4) is 0 Å². The summed E-state index contributed by atoms with van der Waals surface area (Å²) in [6.07, 6.45) is 52.4. The molecular formula is C57H110O6. The summed E-state index contributed by atoms with van der Waals surface area (Å²) in [4.78, 5) is 38.1. The summed E-state index contributed by atoms with van der Waals surface area (Å²) in [5.74, 6) is 0.794. The fraction of sp³-hybridized carbons (Fsp3) is 0.947. The summed E-state index contributed by atoms with van der Waals surface area (Å²) in [5, 5.41) is 0. The maximum absolute atomic E-state index is 12.8. The Morgan fingerprint density at radius 1 is 0.302 bits per heavy atom. The van der Waals surface area contributed by atoms with E-state index >= 15 is 0 Å². The summed E-state index contributed by atoms with van der Waals surface area (Å²) in [5.41, 5.74) is 0. The van der Waals surface area contributed by atoms with Crippen LogP contribution in [0.1, 0.15) is 317 Å². The highest BCUT2D eigenvalue weighted by atomic mass is 16.6. The molecular weight excluding hydrogens is 781 g/mol. The molecule has 63 heavy (non-hydrogen) atoms. The Hall–Kier alpha value is -1.59. The van der Waals surface area contributed by atoms with Gasteiger partial charge in [0.25, 0.3) is 0 Å². The van der Waals surface area contributed by atoms with E-state index in [0.29, 0.717) is 19.3 Å². The van der Waals surface area contributed by atoms with Crippen LogP contribution in [0.5, 0.6) is 0 Å². The molecule has 0 aromatic rings. The van der Waals surface area contributed by atoms with Crippen molar-refractivity contribution in [2.45, 2.75) is 323 Å². The second kappa shape index (κ2) is 49.8. The van der Waals surface area contributed by atoms with Gasteiger partial charge in [0.05, 0.1) is 0 Å². The Bertz CT molecular complexity index is 962. The molecule has 0 saturated heterocycles. The maximum Gasteiger partial charge on any atom is 0.306 e. The molecule has 0 aromatic heterocycles. The standard InChI is InChI=1S/C57H110O6/c1-6-7-8-9-10-11-12-13-14-15-16-20-23-26-32-37-42-47-55(58)61-50-54(63-57(60)49-44-39-34-29-28-31-36-41-46-53(4)5)51-62-56(59)48-43-38-33-27-24-21-18-17-19-22-25-30-35-40-45-52(2)3/h52-54H,6-51H2,1-5H3/t54-/m1/s1. The van der Waals surface area contributed by atoms with E-state index < -0.39 is 6.10 Å². The van der Waals surface area contributed by atoms with Gasteiger partial charge >= 0.3 is 17.9 Å². The van der Waals surface area contributed by atoms with Crippen molar-refractivity contribution >= 4 is 17.9 Å². The average molecular weight is 892 g/mol. The molecule has 0 spiro atoms. The molecule has 6 nitrogen and oxygen atoms in total.